The Kier molecular flexibility index (Phi) is 7.33. The van der Waals surface area contributed by atoms with Crippen molar-refractivity contribution >= 4 is 5.91 Å². The third kappa shape index (κ3) is 7.10. The van der Waals surface area contributed by atoms with Crippen LogP contribution in [0.3, 0.4) is 0 Å². The van der Waals surface area contributed by atoms with E-state index in [2.05, 4.69) is 19.2 Å². The van der Waals surface area contributed by atoms with Gasteiger partial charge < -0.3 is 15.2 Å². The molecule has 0 radical (unpaired) electrons. The van der Waals surface area contributed by atoms with Crippen LogP contribution in [0.15, 0.2) is 0 Å². The molecule has 0 saturated carbocycles. The van der Waals surface area contributed by atoms with Gasteiger partial charge in [-0.25, -0.2) is 0 Å². The number of carbonyl (C=O) groups is 1. The summed E-state index contributed by atoms with van der Waals surface area (Å²) in [6, 6.07) is 0. The van der Waals surface area contributed by atoms with E-state index in [-0.39, 0.29) is 5.91 Å². The topological polar surface area (TPSA) is 58.6 Å². The lowest BCUT2D eigenvalue weighted by atomic mass is 9.79. The van der Waals surface area contributed by atoms with Gasteiger partial charge in [0.1, 0.15) is 0 Å². The van der Waals surface area contributed by atoms with Crippen molar-refractivity contribution in [3.8, 4) is 0 Å². The van der Waals surface area contributed by atoms with E-state index in [0.29, 0.717) is 24.8 Å². The minimum Gasteiger partial charge on any atom is -0.388 e. The number of hydrogen-bond acceptors (Lipinski definition) is 3. The summed E-state index contributed by atoms with van der Waals surface area (Å²) in [7, 11) is 0. The van der Waals surface area contributed by atoms with Gasteiger partial charge in [-0.05, 0) is 50.9 Å². The fourth-order valence-electron chi connectivity index (χ4n) is 2.96. The molecule has 1 aliphatic heterocycles. The molecule has 1 atom stereocenters. The van der Waals surface area contributed by atoms with Crippen LogP contribution in [-0.2, 0) is 9.53 Å². The zero-order valence-corrected chi connectivity index (χ0v) is 15.1. The fraction of sp³-hybridized carbons (Fsp3) is 0.944. The summed E-state index contributed by atoms with van der Waals surface area (Å²) >= 11 is 0. The van der Waals surface area contributed by atoms with Crippen molar-refractivity contribution in [3.63, 3.8) is 0 Å². The second-order valence-electron chi connectivity index (χ2n) is 8.26. The maximum atomic E-state index is 12.5. The van der Waals surface area contributed by atoms with E-state index in [1.54, 1.807) is 6.92 Å². The molecule has 1 unspecified atom stereocenters. The van der Waals surface area contributed by atoms with Gasteiger partial charge in [-0.15, -0.1) is 0 Å². The molecule has 1 saturated heterocycles. The molecule has 0 aromatic rings. The van der Waals surface area contributed by atoms with Crippen LogP contribution in [0, 0.1) is 17.3 Å². The molecule has 0 aromatic carbocycles. The number of carbonyl (C=O) groups excluding carboxylic acids is 1. The van der Waals surface area contributed by atoms with Gasteiger partial charge in [0.25, 0.3) is 0 Å². The number of ether oxygens (including phenoxy) is 1. The fourth-order valence-corrected chi connectivity index (χ4v) is 2.96. The highest BCUT2D eigenvalue weighted by Crippen LogP contribution is 2.31. The summed E-state index contributed by atoms with van der Waals surface area (Å²) in [6.45, 7) is 12.0. The molecule has 4 heteroatoms. The van der Waals surface area contributed by atoms with Gasteiger partial charge in [-0.3, -0.25) is 4.79 Å². The number of amides is 1. The molecule has 22 heavy (non-hydrogen) atoms. The minimum absolute atomic E-state index is 0.0452. The average molecular weight is 313 g/mol. The average Bonchev–Trinajstić information content (AvgIpc) is 2.43. The number of nitrogens with one attached hydrogen (secondary N) is 1. The van der Waals surface area contributed by atoms with E-state index in [1.807, 2.05) is 13.8 Å². The first-order valence-electron chi connectivity index (χ1n) is 8.71. The van der Waals surface area contributed by atoms with Crippen LogP contribution >= 0.6 is 0 Å². The maximum absolute atomic E-state index is 12.5. The lowest BCUT2D eigenvalue weighted by molar-refractivity contribution is -0.132. The molecule has 1 amide bonds. The van der Waals surface area contributed by atoms with Crippen molar-refractivity contribution in [2.45, 2.75) is 72.3 Å². The van der Waals surface area contributed by atoms with Crippen molar-refractivity contribution in [3.05, 3.63) is 0 Å². The van der Waals surface area contributed by atoms with Gasteiger partial charge in [0.05, 0.1) is 5.60 Å². The maximum Gasteiger partial charge on any atom is 0.225 e. The Labute approximate surface area is 136 Å². The minimum atomic E-state index is -0.825. The molecule has 1 aliphatic rings. The Morgan fingerprint density at radius 1 is 1.27 bits per heavy atom. The predicted molar refractivity (Wildman–Crippen MR) is 89.6 cm³/mol. The van der Waals surface area contributed by atoms with Crippen LogP contribution in [0.5, 0.6) is 0 Å². The van der Waals surface area contributed by atoms with Gasteiger partial charge in [-0.1, -0.05) is 27.7 Å². The molecule has 1 heterocycles. The molecule has 1 rings (SSSR count). The highest BCUT2D eigenvalue weighted by Gasteiger charge is 2.33. The first-order valence-corrected chi connectivity index (χ1v) is 8.71. The summed E-state index contributed by atoms with van der Waals surface area (Å²) in [6.07, 6.45) is 4.65. The van der Waals surface area contributed by atoms with Gasteiger partial charge in [-0.2, -0.15) is 0 Å². The van der Waals surface area contributed by atoms with Crippen LogP contribution < -0.4 is 5.32 Å². The second-order valence-corrected chi connectivity index (χ2v) is 8.26. The van der Waals surface area contributed by atoms with E-state index in [0.717, 1.165) is 38.9 Å². The molecule has 2 N–H and O–H groups in total. The predicted octanol–water partition coefficient (Wildman–Crippen LogP) is 3.13. The van der Waals surface area contributed by atoms with Crippen molar-refractivity contribution in [2.75, 3.05) is 19.8 Å². The van der Waals surface area contributed by atoms with Gasteiger partial charge in [0, 0.05) is 25.2 Å². The van der Waals surface area contributed by atoms with Crippen LogP contribution in [-0.4, -0.2) is 36.4 Å². The van der Waals surface area contributed by atoms with Crippen LogP contribution in [0.25, 0.3) is 0 Å². The Morgan fingerprint density at radius 2 is 1.86 bits per heavy atom. The molecule has 0 spiro atoms. The first-order chi connectivity index (χ1) is 10.1. The van der Waals surface area contributed by atoms with Crippen molar-refractivity contribution < 1.29 is 14.6 Å². The molecule has 0 bridgehead atoms. The van der Waals surface area contributed by atoms with Gasteiger partial charge >= 0.3 is 0 Å². The van der Waals surface area contributed by atoms with E-state index in [1.165, 1.54) is 0 Å². The third-order valence-electron chi connectivity index (χ3n) is 4.64. The van der Waals surface area contributed by atoms with E-state index in [4.69, 9.17) is 4.74 Å². The number of rotatable bonds is 8. The summed E-state index contributed by atoms with van der Waals surface area (Å²) < 4.78 is 5.38. The largest absolute Gasteiger partial charge is 0.388 e. The van der Waals surface area contributed by atoms with Crippen molar-refractivity contribution in [1.82, 2.24) is 5.32 Å². The lowest BCUT2D eigenvalue weighted by Gasteiger charge is -2.32. The summed E-state index contributed by atoms with van der Waals surface area (Å²) in [4.78, 5) is 12.5. The molecule has 0 aliphatic carbocycles. The second kappa shape index (κ2) is 8.30. The Hall–Kier alpha value is -0.610. The molecule has 0 aromatic heterocycles. The van der Waals surface area contributed by atoms with E-state index >= 15 is 0 Å². The van der Waals surface area contributed by atoms with Crippen LogP contribution in [0.1, 0.15) is 66.7 Å². The molecule has 1 fully saturated rings. The van der Waals surface area contributed by atoms with E-state index in [9.17, 15) is 9.90 Å². The number of aliphatic hydroxyl groups is 1. The molecule has 4 nitrogen and oxygen atoms in total. The van der Waals surface area contributed by atoms with Crippen molar-refractivity contribution in [1.29, 1.82) is 0 Å². The van der Waals surface area contributed by atoms with Crippen LogP contribution in [0.2, 0.25) is 0 Å². The SMILES string of the molecule is CC(C)CCC(C)(O)CNC(=O)C(C)(C)CC1CCOCC1. The molecular formula is C18H35NO3. The zero-order chi connectivity index (χ0) is 16.8. The normalized spacial score (nSPS) is 20.0. The Morgan fingerprint density at radius 3 is 2.41 bits per heavy atom. The van der Waals surface area contributed by atoms with Gasteiger partial charge in [0.2, 0.25) is 5.91 Å². The number of hydrogen-bond donors (Lipinski definition) is 2. The molecule has 130 valence electrons. The van der Waals surface area contributed by atoms with E-state index < -0.39 is 11.0 Å². The lowest BCUT2D eigenvalue weighted by Crippen LogP contribution is -2.46. The zero-order valence-electron chi connectivity index (χ0n) is 15.1. The summed E-state index contributed by atoms with van der Waals surface area (Å²) in [5, 5.41) is 13.3. The standard InChI is InChI=1S/C18H35NO3/c1-14(2)6-9-18(5,21)13-19-16(20)17(3,4)12-15-7-10-22-11-8-15/h14-15,21H,6-13H2,1-5H3,(H,19,20). The Balaban J connectivity index is 2.41. The highest BCUT2D eigenvalue weighted by molar-refractivity contribution is 5.81. The highest BCUT2D eigenvalue weighted by atomic mass is 16.5. The Bertz CT molecular complexity index is 344. The van der Waals surface area contributed by atoms with Crippen molar-refractivity contribution in [2.24, 2.45) is 17.3 Å². The smallest absolute Gasteiger partial charge is 0.225 e. The third-order valence-corrected chi connectivity index (χ3v) is 4.64. The quantitative estimate of drug-likeness (QED) is 0.724. The van der Waals surface area contributed by atoms with Gasteiger partial charge in [0.15, 0.2) is 0 Å². The summed E-state index contributed by atoms with van der Waals surface area (Å²) in [5.74, 6) is 1.17. The summed E-state index contributed by atoms with van der Waals surface area (Å²) in [5.41, 5.74) is -1.22. The van der Waals surface area contributed by atoms with Crippen LogP contribution in [0.4, 0.5) is 0 Å². The monoisotopic (exact) mass is 313 g/mol. The first kappa shape index (κ1) is 19.4. The molecular weight excluding hydrogens is 278 g/mol.